The number of pyridine rings is 1. The van der Waals surface area contributed by atoms with E-state index in [4.69, 9.17) is 10.5 Å². The number of fused-ring (bicyclic) bond motifs is 1. The Morgan fingerprint density at radius 1 is 1.38 bits per heavy atom. The molecule has 0 saturated heterocycles. The van der Waals surface area contributed by atoms with Gasteiger partial charge >= 0.3 is 0 Å². The Labute approximate surface area is 140 Å². The van der Waals surface area contributed by atoms with Crippen LogP contribution >= 0.6 is 31.9 Å². The molecule has 0 fully saturated rings. The minimum atomic E-state index is 0.650. The number of rotatable bonds is 3. The van der Waals surface area contributed by atoms with Crippen LogP contribution < -0.4 is 15.8 Å². The van der Waals surface area contributed by atoms with Crippen LogP contribution in [0.25, 0.3) is 0 Å². The minimum absolute atomic E-state index is 0.650. The monoisotopic (exact) mass is 411 g/mol. The average Bonchev–Trinajstić information content (AvgIpc) is 2.92. The van der Waals surface area contributed by atoms with Crippen LogP contribution in [0.3, 0.4) is 0 Å². The van der Waals surface area contributed by atoms with Crippen LogP contribution in [-0.4, -0.2) is 11.6 Å². The second kappa shape index (κ2) is 5.85. The van der Waals surface area contributed by atoms with E-state index in [9.17, 15) is 0 Å². The molecule has 3 rings (SSSR count). The predicted molar refractivity (Wildman–Crippen MR) is 91.8 cm³/mol. The van der Waals surface area contributed by atoms with Crippen LogP contribution in [0, 0.1) is 6.92 Å². The summed E-state index contributed by atoms with van der Waals surface area (Å²) < 4.78 is 7.70. The summed E-state index contributed by atoms with van der Waals surface area (Å²) >= 11 is 7.09. The Morgan fingerprint density at radius 2 is 2.19 bits per heavy atom. The molecule has 0 radical (unpaired) electrons. The first-order valence-corrected chi connectivity index (χ1v) is 8.23. The van der Waals surface area contributed by atoms with E-state index in [0.717, 1.165) is 44.7 Å². The molecule has 1 aliphatic rings. The number of nitrogens with zero attached hydrogens (tertiary/aromatic N) is 1. The molecule has 110 valence electrons. The Balaban J connectivity index is 1.85. The third-order valence-corrected chi connectivity index (χ3v) is 5.00. The molecule has 1 aliphatic heterocycles. The summed E-state index contributed by atoms with van der Waals surface area (Å²) in [5, 5.41) is 3.34. The molecular weight excluding hydrogens is 398 g/mol. The zero-order valence-electron chi connectivity index (χ0n) is 11.5. The predicted octanol–water partition coefficient (Wildman–Crippen LogP) is 4.04. The number of halogens is 2. The quantitative estimate of drug-likeness (QED) is 0.798. The molecule has 0 bridgehead atoms. The maximum atomic E-state index is 5.84. The second-order valence-electron chi connectivity index (χ2n) is 5.01. The van der Waals surface area contributed by atoms with Crippen molar-refractivity contribution in [3.8, 4) is 5.75 Å². The zero-order valence-corrected chi connectivity index (χ0v) is 14.7. The van der Waals surface area contributed by atoms with Gasteiger partial charge in [-0.2, -0.15) is 0 Å². The van der Waals surface area contributed by atoms with Crippen LogP contribution in [0.2, 0.25) is 0 Å². The highest BCUT2D eigenvalue weighted by Crippen LogP contribution is 2.34. The lowest BCUT2D eigenvalue weighted by atomic mass is 10.1. The minimum Gasteiger partial charge on any atom is -0.493 e. The first-order chi connectivity index (χ1) is 10.1. The Kier molecular flexibility index (Phi) is 4.08. The molecule has 21 heavy (non-hydrogen) atoms. The number of benzene rings is 1. The largest absolute Gasteiger partial charge is 0.493 e. The first kappa shape index (κ1) is 14.7. The van der Waals surface area contributed by atoms with Gasteiger partial charge in [-0.05, 0) is 46.1 Å². The number of hydrogen-bond donors (Lipinski definition) is 2. The molecule has 4 nitrogen and oxygen atoms in total. The summed E-state index contributed by atoms with van der Waals surface area (Å²) in [5.41, 5.74) is 9.89. The molecule has 6 heteroatoms. The highest BCUT2D eigenvalue weighted by atomic mass is 79.9. The van der Waals surface area contributed by atoms with Gasteiger partial charge in [0.25, 0.3) is 0 Å². The Morgan fingerprint density at radius 3 is 3.00 bits per heavy atom. The van der Waals surface area contributed by atoms with Gasteiger partial charge in [0.1, 0.15) is 11.6 Å². The third-order valence-electron chi connectivity index (χ3n) is 3.57. The first-order valence-electron chi connectivity index (χ1n) is 6.65. The van der Waals surface area contributed by atoms with Crippen molar-refractivity contribution in [2.75, 3.05) is 17.7 Å². The van der Waals surface area contributed by atoms with Gasteiger partial charge in [-0.15, -0.1) is 0 Å². The van der Waals surface area contributed by atoms with Crippen molar-refractivity contribution in [1.29, 1.82) is 0 Å². The second-order valence-corrected chi connectivity index (χ2v) is 6.71. The van der Waals surface area contributed by atoms with Crippen molar-refractivity contribution in [2.45, 2.75) is 19.9 Å². The van der Waals surface area contributed by atoms with Crippen molar-refractivity contribution in [2.24, 2.45) is 0 Å². The fraction of sp³-hybridized carbons (Fsp3) is 0.267. The van der Waals surface area contributed by atoms with E-state index in [1.807, 2.05) is 6.92 Å². The van der Waals surface area contributed by atoms with Crippen LogP contribution in [0.4, 0.5) is 11.5 Å². The van der Waals surface area contributed by atoms with E-state index >= 15 is 0 Å². The van der Waals surface area contributed by atoms with Gasteiger partial charge in [0.05, 0.1) is 23.0 Å². The van der Waals surface area contributed by atoms with Crippen LogP contribution in [0.1, 0.15) is 16.7 Å². The van der Waals surface area contributed by atoms with Crippen molar-refractivity contribution in [1.82, 2.24) is 4.98 Å². The van der Waals surface area contributed by atoms with Crippen molar-refractivity contribution in [3.63, 3.8) is 0 Å². The molecule has 0 amide bonds. The van der Waals surface area contributed by atoms with Crippen molar-refractivity contribution in [3.05, 3.63) is 44.0 Å². The van der Waals surface area contributed by atoms with Gasteiger partial charge in [0, 0.05) is 23.0 Å². The van der Waals surface area contributed by atoms with E-state index in [-0.39, 0.29) is 0 Å². The van der Waals surface area contributed by atoms with E-state index in [0.29, 0.717) is 12.2 Å². The normalized spacial score (nSPS) is 12.9. The number of ether oxygens (including phenoxy) is 1. The van der Waals surface area contributed by atoms with E-state index in [2.05, 4.69) is 54.3 Å². The van der Waals surface area contributed by atoms with Crippen molar-refractivity contribution >= 4 is 43.4 Å². The molecule has 0 aliphatic carbocycles. The average molecular weight is 413 g/mol. The molecule has 0 atom stereocenters. The fourth-order valence-corrected chi connectivity index (χ4v) is 3.40. The molecular formula is C15H15Br2N3O. The maximum absolute atomic E-state index is 5.84. The van der Waals surface area contributed by atoms with Gasteiger partial charge in [-0.1, -0.05) is 15.9 Å². The molecule has 0 saturated carbocycles. The lowest BCUT2D eigenvalue weighted by Crippen LogP contribution is -2.05. The van der Waals surface area contributed by atoms with Crippen LogP contribution in [0.15, 0.2) is 27.3 Å². The standard InChI is InChI=1S/C15H15Br2N3O/c1-8-12(18)7-20-15(13(8)17)19-6-10-5-11(16)4-9-2-3-21-14(9)10/h4-5,7H,2-3,6,18H2,1H3,(H,19,20). The number of hydrogen-bond acceptors (Lipinski definition) is 4. The number of aromatic nitrogens is 1. The maximum Gasteiger partial charge on any atom is 0.140 e. The highest BCUT2D eigenvalue weighted by Gasteiger charge is 2.17. The summed E-state index contributed by atoms with van der Waals surface area (Å²) in [4.78, 5) is 4.33. The number of anilines is 2. The fourth-order valence-electron chi connectivity index (χ4n) is 2.37. The molecule has 2 heterocycles. The third kappa shape index (κ3) is 2.87. The van der Waals surface area contributed by atoms with Crippen molar-refractivity contribution < 1.29 is 4.74 Å². The Bertz CT molecular complexity index is 704. The summed E-state index contributed by atoms with van der Waals surface area (Å²) in [5.74, 6) is 1.78. The number of nitrogens with two attached hydrogens (primary N) is 1. The molecule has 2 aromatic rings. The number of nitrogen functional groups attached to an aromatic ring is 1. The lowest BCUT2D eigenvalue weighted by Gasteiger charge is -2.13. The topological polar surface area (TPSA) is 60.2 Å². The van der Waals surface area contributed by atoms with Gasteiger partial charge < -0.3 is 15.8 Å². The van der Waals surface area contributed by atoms with Gasteiger partial charge in [-0.25, -0.2) is 4.98 Å². The Hall–Kier alpha value is -1.27. The summed E-state index contributed by atoms with van der Waals surface area (Å²) in [7, 11) is 0. The van der Waals surface area contributed by atoms with Crippen LogP contribution in [-0.2, 0) is 13.0 Å². The van der Waals surface area contributed by atoms with Gasteiger partial charge in [0.15, 0.2) is 0 Å². The summed E-state index contributed by atoms with van der Waals surface area (Å²) in [6.07, 6.45) is 2.63. The van der Waals surface area contributed by atoms with E-state index in [1.165, 1.54) is 5.56 Å². The molecule has 1 aromatic heterocycles. The summed E-state index contributed by atoms with van der Waals surface area (Å²) in [6, 6.07) is 4.20. The molecule has 0 unspecified atom stereocenters. The molecule has 1 aromatic carbocycles. The summed E-state index contributed by atoms with van der Waals surface area (Å²) in [6.45, 7) is 3.37. The van der Waals surface area contributed by atoms with Gasteiger partial charge in [-0.3, -0.25) is 0 Å². The smallest absolute Gasteiger partial charge is 0.140 e. The van der Waals surface area contributed by atoms with E-state index < -0.39 is 0 Å². The SMILES string of the molecule is Cc1c(N)cnc(NCc2cc(Br)cc3c2OCC3)c1Br. The highest BCUT2D eigenvalue weighted by molar-refractivity contribution is 9.11. The number of nitrogens with one attached hydrogen (secondary N) is 1. The lowest BCUT2D eigenvalue weighted by molar-refractivity contribution is 0.354. The molecule has 0 spiro atoms. The molecule has 3 N–H and O–H groups in total. The van der Waals surface area contributed by atoms with Gasteiger partial charge in [0.2, 0.25) is 0 Å². The van der Waals surface area contributed by atoms with Crippen LogP contribution in [0.5, 0.6) is 5.75 Å². The zero-order chi connectivity index (χ0) is 15.0. The van der Waals surface area contributed by atoms with E-state index in [1.54, 1.807) is 6.20 Å².